The van der Waals surface area contributed by atoms with Crippen LogP contribution in [0.3, 0.4) is 0 Å². The molecule has 0 aliphatic heterocycles. The van der Waals surface area contributed by atoms with Gasteiger partial charge in [0.15, 0.2) is 13.2 Å². The predicted octanol–water partition coefficient (Wildman–Crippen LogP) is 8.54. The lowest BCUT2D eigenvalue weighted by molar-refractivity contribution is -0.140. The molecule has 5 aromatic rings. The van der Waals surface area contributed by atoms with Gasteiger partial charge in [0, 0.05) is 69.6 Å². The van der Waals surface area contributed by atoms with Gasteiger partial charge in [-0.1, -0.05) is 72.8 Å². The third-order valence-corrected chi connectivity index (χ3v) is 14.6. The third-order valence-electron chi connectivity index (χ3n) is 14.6. The average Bonchev–Trinajstić information content (AvgIpc) is 4.02. The van der Waals surface area contributed by atoms with Gasteiger partial charge >= 0.3 is 11.9 Å². The van der Waals surface area contributed by atoms with E-state index in [0.717, 1.165) is 47.9 Å². The molecule has 13 rings (SSSR count). The lowest BCUT2D eigenvalue weighted by Crippen LogP contribution is -2.20. The molecule has 6 heteroatoms. The van der Waals surface area contributed by atoms with Crippen molar-refractivity contribution < 1.29 is 29.3 Å². The van der Waals surface area contributed by atoms with Gasteiger partial charge in [0.05, 0.1) is 0 Å². The summed E-state index contributed by atoms with van der Waals surface area (Å²) in [5.74, 6) is 1.25. The molecular formula is C46H34O6. The second-order valence-electron chi connectivity index (χ2n) is 16.5. The molecule has 6 nitrogen and oxygen atoms in total. The van der Waals surface area contributed by atoms with Gasteiger partial charge in [-0.15, -0.1) is 0 Å². The van der Waals surface area contributed by atoms with Gasteiger partial charge in [-0.3, -0.25) is 0 Å². The van der Waals surface area contributed by atoms with Crippen LogP contribution in [-0.4, -0.2) is 35.4 Å². The first kappa shape index (κ1) is 28.3. The Kier molecular flexibility index (Phi) is 5.08. The Hall–Kier alpha value is -5.36. The second-order valence-corrected chi connectivity index (χ2v) is 16.5. The Labute approximate surface area is 300 Å². The van der Waals surface area contributed by atoms with Crippen molar-refractivity contribution in [3.05, 3.63) is 162 Å². The fraction of sp³-hybridized carbons (Fsp3) is 0.304. The first-order valence-corrected chi connectivity index (χ1v) is 18.9. The van der Waals surface area contributed by atoms with Crippen LogP contribution < -0.4 is 9.47 Å². The van der Waals surface area contributed by atoms with E-state index in [9.17, 15) is 19.8 Å². The van der Waals surface area contributed by atoms with Crippen molar-refractivity contribution in [3.8, 4) is 11.5 Å². The zero-order valence-corrected chi connectivity index (χ0v) is 28.3. The van der Waals surface area contributed by atoms with Crippen LogP contribution in [0.4, 0.5) is 0 Å². The molecule has 8 aliphatic rings. The lowest BCUT2D eigenvalue weighted by atomic mass is 9.74. The molecule has 0 aromatic heterocycles. The summed E-state index contributed by atoms with van der Waals surface area (Å²) in [6, 6.07) is 27.6. The van der Waals surface area contributed by atoms with Gasteiger partial charge in [0.1, 0.15) is 11.5 Å². The topological polar surface area (TPSA) is 93.1 Å². The molecule has 52 heavy (non-hydrogen) atoms. The molecule has 2 N–H and O–H groups in total. The van der Waals surface area contributed by atoms with Crippen LogP contribution in [0.1, 0.15) is 162 Å². The van der Waals surface area contributed by atoms with Crippen LogP contribution in [0.25, 0.3) is 0 Å². The van der Waals surface area contributed by atoms with Gasteiger partial charge < -0.3 is 19.7 Å². The van der Waals surface area contributed by atoms with E-state index >= 15 is 0 Å². The van der Waals surface area contributed by atoms with Crippen molar-refractivity contribution >= 4 is 11.9 Å². The number of hydrogen-bond acceptors (Lipinski definition) is 4. The lowest BCUT2D eigenvalue weighted by Gasteiger charge is -2.33. The van der Waals surface area contributed by atoms with E-state index in [-0.39, 0.29) is 23.7 Å². The number of fused-ring (bicyclic) bond motifs is 32. The Balaban J connectivity index is 1.01. The summed E-state index contributed by atoms with van der Waals surface area (Å²) in [4.78, 5) is 24.2. The molecule has 0 heterocycles. The minimum Gasteiger partial charge on any atom is -0.481 e. The maximum atomic E-state index is 12.1. The largest absolute Gasteiger partial charge is 0.481 e. The molecule has 0 spiro atoms. The molecule has 0 saturated heterocycles. The van der Waals surface area contributed by atoms with Crippen LogP contribution in [0, 0.1) is 0 Å². The first-order chi connectivity index (χ1) is 25.4. The minimum absolute atomic E-state index is 0.0433. The van der Waals surface area contributed by atoms with Gasteiger partial charge in [0.25, 0.3) is 0 Å². The summed E-state index contributed by atoms with van der Waals surface area (Å²) in [7, 11) is 0. The number of carbonyl (C=O) groups is 2. The van der Waals surface area contributed by atoms with Crippen molar-refractivity contribution in [2.75, 3.05) is 13.2 Å². The van der Waals surface area contributed by atoms with Crippen molar-refractivity contribution in [3.63, 3.8) is 0 Å². The van der Waals surface area contributed by atoms with Crippen LogP contribution in [0.15, 0.2) is 72.8 Å². The molecule has 0 radical (unpaired) electrons. The Bertz CT molecular complexity index is 2240. The molecule has 0 fully saturated rings. The predicted molar refractivity (Wildman–Crippen MR) is 192 cm³/mol. The summed E-state index contributed by atoms with van der Waals surface area (Å²) in [5, 5.41) is 19.9. The van der Waals surface area contributed by atoms with E-state index in [2.05, 4.69) is 72.8 Å². The van der Waals surface area contributed by atoms with Gasteiger partial charge in [-0.05, 0) is 92.4 Å². The number of ether oxygens (including phenoxy) is 2. The van der Waals surface area contributed by atoms with E-state index in [1.165, 1.54) is 66.8 Å². The maximum Gasteiger partial charge on any atom is 0.341 e. The highest BCUT2D eigenvalue weighted by atomic mass is 16.5. The summed E-state index contributed by atoms with van der Waals surface area (Å²) in [5.41, 5.74) is 21.0. The quantitative estimate of drug-likeness (QED) is 0.187. The van der Waals surface area contributed by atoms with Crippen LogP contribution in [0.5, 0.6) is 11.5 Å². The highest BCUT2D eigenvalue weighted by Crippen LogP contribution is 2.71. The summed E-state index contributed by atoms with van der Waals surface area (Å²) < 4.78 is 12.9. The van der Waals surface area contributed by atoms with Crippen LogP contribution in [-0.2, 0) is 9.59 Å². The Morgan fingerprint density at radius 2 is 0.673 bits per heavy atom. The molecule has 8 aliphatic carbocycles. The van der Waals surface area contributed by atoms with E-state index in [0.29, 0.717) is 35.2 Å². The Morgan fingerprint density at radius 3 is 0.942 bits per heavy atom. The molecule has 254 valence electrons. The number of hydrogen-bond donors (Lipinski definition) is 2. The van der Waals surface area contributed by atoms with Crippen LogP contribution >= 0.6 is 0 Å². The van der Waals surface area contributed by atoms with Crippen molar-refractivity contribution in [2.24, 2.45) is 0 Å². The Morgan fingerprint density at radius 1 is 0.423 bits per heavy atom. The molecular weight excluding hydrogens is 649 g/mol. The molecule has 4 unspecified atom stereocenters. The molecule has 8 atom stereocenters. The van der Waals surface area contributed by atoms with E-state index in [1.807, 2.05) is 0 Å². The van der Waals surface area contributed by atoms with Gasteiger partial charge in [-0.2, -0.15) is 0 Å². The summed E-state index contributed by atoms with van der Waals surface area (Å²) in [6.07, 6.45) is 3.96. The minimum atomic E-state index is -0.999. The van der Waals surface area contributed by atoms with Gasteiger partial charge in [0.2, 0.25) is 0 Å². The van der Waals surface area contributed by atoms with Gasteiger partial charge in [-0.25, -0.2) is 9.59 Å². The normalized spacial score (nSPS) is 28.2. The number of carboxylic acid groups (broad SMARTS) is 2. The maximum absolute atomic E-state index is 12.1. The fourth-order valence-electron chi connectivity index (χ4n) is 13.0. The fourth-order valence-corrected chi connectivity index (χ4v) is 13.0. The number of benzene rings is 5. The summed E-state index contributed by atoms with van der Waals surface area (Å²) in [6.45, 7) is -0.837. The summed E-state index contributed by atoms with van der Waals surface area (Å²) >= 11 is 0. The first-order valence-electron chi connectivity index (χ1n) is 18.9. The van der Waals surface area contributed by atoms with Crippen molar-refractivity contribution in [1.29, 1.82) is 0 Å². The smallest absolute Gasteiger partial charge is 0.341 e. The molecule has 0 amide bonds. The van der Waals surface area contributed by atoms with E-state index in [1.54, 1.807) is 0 Å². The zero-order valence-electron chi connectivity index (χ0n) is 28.3. The van der Waals surface area contributed by atoms with E-state index in [4.69, 9.17) is 9.47 Å². The highest BCUT2D eigenvalue weighted by Gasteiger charge is 2.55. The standard InChI is InChI=1S/C46H34O6/c47-39(48)17-51-45-41-35-15-36(32-12-28-24-9-23(27(28)11-31(32)35)19-5-1-2-6-20(19)24)42(41)46(52-18-40(49)50)44-38-16-37(43(44)45)33-13-29-25-10-26(30(29)14-34(33)38)22-8-4-3-7-21(22)25/h1-8,11-14,23-26,35-38H,9-10,15-18H2,(H,47,48)(H,49,50)/t23-,24?,25?,26-,35?,36+,37+,38?/m1/s1. The molecule has 0 saturated carbocycles. The monoisotopic (exact) mass is 682 g/mol. The molecule has 5 aromatic carbocycles. The van der Waals surface area contributed by atoms with E-state index < -0.39 is 25.2 Å². The number of rotatable bonds is 6. The average molecular weight is 683 g/mol. The number of carboxylic acids is 2. The SMILES string of the molecule is O=C(O)COc1c2c(c(OCC(=O)O)c3c1[C@H]1CC3c3cc4c(cc31)C1C[C@@H]4c3ccccc31)[C@H]1CC2c2cc3c(cc21)C1C[C@@H]3c2ccccc21. The van der Waals surface area contributed by atoms with Crippen molar-refractivity contribution in [2.45, 2.75) is 73.0 Å². The van der Waals surface area contributed by atoms with Crippen LogP contribution in [0.2, 0.25) is 0 Å². The zero-order chi connectivity index (χ0) is 34.3. The molecule has 8 bridgehead atoms. The third kappa shape index (κ3) is 3.21. The van der Waals surface area contributed by atoms with Crippen molar-refractivity contribution in [1.82, 2.24) is 0 Å². The highest BCUT2D eigenvalue weighted by molar-refractivity contribution is 5.80. The number of aliphatic carboxylic acids is 2. The second kappa shape index (κ2) is 9.35.